The molecular formula is C25H18BrClFNO4. The predicted octanol–water partition coefficient (Wildman–Crippen LogP) is 6.56. The highest BCUT2D eigenvalue weighted by molar-refractivity contribution is 9.10. The summed E-state index contributed by atoms with van der Waals surface area (Å²) in [6.45, 7) is 2.41. The molecule has 1 aliphatic heterocycles. The maximum absolute atomic E-state index is 13.5. The summed E-state index contributed by atoms with van der Waals surface area (Å²) in [6.07, 6.45) is 1.59. The van der Waals surface area contributed by atoms with Crippen LogP contribution < -0.4 is 9.47 Å². The number of benzene rings is 3. The van der Waals surface area contributed by atoms with Crippen molar-refractivity contribution >= 4 is 45.5 Å². The van der Waals surface area contributed by atoms with Gasteiger partial charge in [-0.3, -0.25) is 0 Å². The average Bonchev–Trinajstić information content (AvgIpc) is 3.13. The Kier molecular flexibility index (Phi) is 7.11. The van der Waals surface area contributed by atoms with E-state index in [2.05, 4.69) is 20.9 Å². The largest absolute Gasteiger partial charge is 0.490 e. The number of rotatable bonds is 7. The van der Waals surface area contributed by atoms with Gasteiger partial charge in [-0.05, 0) is 76.5 Å². The van der Waals surface area contributed by atoms with Gasteiger partial charge in [0.25, 0.3) is 0 Å². The van der Waals surface area contributed by atoms with Gasteiger partial charge in [0.05, 0.1) is 21.7 Å². The third-order valence-corrected chi connectivity index (χ3v) is 5.55. The number of halogens is 3. The van der Waals surface area contributed by atoms with Crippen LogP contribution in [0.1, 0.15) is 23.6 Å². The normalized spacial score (nSPS) is 14.2. The lowest BCUT2D eigenvalue weighted by atomic mass is 10.1. The molecule has 3 aromatic carbocycles. The fraction of sp³-hybridized carbons (Fsp3) is 0.120. The van der Waals surface area contributed by atoms with Crippen molar-refractivity contribution in [2.45, 2.75) is 13.5 Å². The molecule has 0 fully saturated rings. The SMILES string of the molecule is CCOc1cc(/C=C2\N=C(c3ccccc3Cl)OC2=O)cc(Br)c1OCc1cccc(F)c1. The van der Waals surface area contributed by atoms with Crippen LogP contribution in [0.15, 0.2) is 75.8 Å². The molecule has 3 aromatic rings. The van der Waals surface area contributed by atoms with Crippen molar-refractivity contribution in [3.8, 4) is 11.5 Å². The minimum atomic E-state index is -0.578. The maximum Gasteiger partial charge on any atom is 0.363 e. The van der Waals surface area contributed by atoms with Gasteiger partial charge in [0.2, 0.25) is 5.90 Å². The first kappa shape index (κ1) is 23.0. The topological polar surface area (TPSA) is 57.1 Å². The Hall–Kier alpha value is -3.16. The monoisotopic (exact) mass is 529 g/mol. The summed E-state index contributed by atoms with van der Waals surface area (Å²) in [6, 6.07) is 16.7. The molecule has 1 aliphatic rings. The number of carbonyl (C=O) groups is 1. The third-order valence-electron chi connectivity index (χ3n) is 4.63. The van der Waals surface area contributed by atoms with Gasteiger partial charge in [-0.1, -0.05) is 35.9 Å². The summed E-state index contributed by atoms with van der Waals surface area (Å²) in [5, 5.41) is 0.437. The van der Waals surface area contributed by atoms with Gasteiger partial charge < -0.3 is 14.2 Å². The van der Waals surface area contributed by atoms with E-state index >= 15 is 0 Å². The van der Waals surface area contributed by atoms with Crippen LogP contribution in [0.25, 0.3) is 6.08 Å². The molecule has 5 nitrogen and oxygen atoms in total. The van der Waals surface area contributed by atoms with E-state index in [0.29, 0.717) is 44.3 Å². The van der Waals surface area contributed by atoms with Gasteiger partial charge in [-0.15, -0.1) is 0 Å². The summed E-state index contributed by atoms with van der Waals surface area (Å²) in [4.78, 5) is 16.7. The lowest BCUT2D eigenvalue weighted by Crippen LogP contribution is -2.05. The number of ether oxygens (including phenoxy) is 3. The highest BCUT2D eigenvalue weighted by atomic mass is 79.9. The summed E-state index contributed by atoms with van der Waals surface area (Å²) in [7, 11) is 0. The van der Waals surface area contributed by atoms with E-state index in [1.165, 1.54) is 12.1 Å². The molecule has 33 heavy (non-hydrogen) atoms. The molecule has 0 atom stereocenters. The average molecular weight is 531 g/mol. The number of carbonyl (C=O) groups excluding carboxylic acids is 1. The zero-order valence-corrected chi connectivity index (χ0v) is 19.8. The Morgan fingerprint density at radius 2 is 1.94 bits per heavy atom. The van der Waals surface area contributed by atoms with Gasteiger partial charge in [-0.2, -0.15) is 0 Å². The Morgan fingerprint density at radius 1 is 1.12 bits per heavy atom. The quantitative estimate of drug-likeness (QED) is 0.256. The first-order valence-electron chi connectivity index (χ1n) is 10.1. The smallest absolute Gasteiger partial charge is 0.363 e. The second-order valence-electron chi connectivity index (χ2n) is 7.00. The van der Waals surface area contributed by atoms with Crippen molar-refractivity contribution in [2.75, 3.05) is 6.61 Å². The molecular weight excluding hydrogens is 513 g/mol. The van der Waals surface area contributed by atoms with Crippen molar-refractivity contribution in [2.24, 2.45) is 4.99 Å². The second-order valence-corrected chi connectivity index (χ2v) is 8.26. The van der Waals surface area contributed by atoms with Gasteiger partial charge in [0.1, 0.15) is 12.4 Å². The van der Waals surface area contributed by atoms with Crippen LogP contribution in [0, 0.1) is 5.82 Å². The van der Waals surface area contributed by atoms with Gasteiger partial charge >= 0.3 is 5.97 Å². The van der Waals surface area contributed by atoms with Crippen molar-refractivity contribution in [1.29, 1.82) is 0 Å². The van der Waals surface area contributed by atoms with Crippen molar-refractivity contribution in [1.82, 2.24) is 0 Å². The molecule has 1 heterocycles. The van der Waals surface area contributed by atoms with Gasteiger partial charge in [-0.25, -0.2) is 14.2 Å². The molecule has 0 aromatic heterocycles. The minimum Gasteiger partial charge on any atom is -0.490 e. The molecule has 0 saturated carbocycles. The molecule has 0 aliphatic carbocycles. The number of aliphatic imine (C=N–C) groups is 1. The minimum absolute atomic E-state index is 0.132. The molecule has 8 heteroatoms. The zero-order chi connectivity index (χ0) is 23.4. The fourth-order valence-electron chi connectivity index (χ4n) is 3.17. The van der Waals surface area contributed by atoms with Crippen LogP contribution >= 0.6 is 27.5 Å². The number of cyclic esters (lactones) is 1. The molecule has 0 radical (unpaired) electrons. The van der Waals surface area contributed by atoms with Crippen LogP contribution in [0.5, 0.6) is 11.5 Å². The number of esters is 1. The summed E-state index contributed by atoms with van der Waals surface area (Å²) < 4.78 is 31.0. The van der Waals surface area contributed by atoms with Crippen LogP contribution in [0.3, 0.4) is 0 Å². The predicted molar refractivity (Wildman–Crippen MR) is 128 cm³/mol. The van der Waals surface area contributed by atoms with E-state index < -0.39 is 5.97 Å². The van der Waals surface area contributed by atoms with E-state index in [1.54, 1.807) is 54.6 Å². The molecule has 0 amide bonds. The summed E-state index contributed by atoms with van der Waals surface area (Å²) in [5.41, 5.74) is 2.01. The fourth-order valence-corrected chi connectivity index (χ4v) is 3.96. The zero-order valence-electron chi connectivity index (χ0n) is 17.5. The Balaban J connectivity index is 1.62. The van der Waals surface area contributed by atoms with Crippen LogP contribution in [-0.2, 0) is 16.1 Å². The molecule has 0 N–H and O–H groups in total. The van der Waals surface area contributed by atoms with E-state index in [1.807, 2.05) is 6.92 Å². The van der Waals surface area contributed by atoms with Crippen molar-refractivity contribution in [3.05, 3.63) is 98.4 Å². The molecule has 4 rings (SSSR count). The Bertz CT molecular complexity index is 1280. The molecule has 0 unspecified atom stereocenters. The van der Waals surface area contributed by atoms with E-state index in [4.69, 9.17) is 25.8 Å². The molecule has 0 spiro atoms. The lowest BCUT2D eigenvalue weighted by molar-refractivity contribution is -0.129. The summed E-state index contributed by atoms with van der Waals surface area (Å²) >= 11 is 9.69. The lowest BCUT2D eigenvalue weighted by Gasteiger charge is -2.15. The van der Waals surface area contributed by atoms with Crippen LogP contribution in [-0.4, -0.2) is 18.5 Å². The Morgan fingerprint density at radius 3 is 2.70 bits per heavy atom. The van der Waals surface area contributed by atoms with Gasteiger partial charge in [0, 0.05) is 0 Å². The third kappa shape index (κ3) is 5.43. The van der Waals surface area contributed by atoms with Crippen LogP contribution in [0.4, 0.5) is 4.39 Å². The number of nitrogens with zero attached hydrogens (tertiary/aromatic N) is 1. The first-order valence-corrected chi connectivity index (χ1v) is 11.2. The first-order chi connectivity index (χ1) is 15.9. The van der Waals surface area contributed by atoms with Crippen molar-refractivity contribution in [3.63, 3.8) is 0 Å². The highest BCUT2D eigenvalue weighted by Gasteiger charge is 2.25. The molecule has 0 saturated heterocycles. The van der Waals surface area contributed by atoms with Gasteiger partial charge in [0.15, 0.2) is 17.2 Å². The maximum atomic E-state index is 13.5. The standard InChI is InChI=1S/C25H18BrClFNO4/c1-2-31-22-13-16(11-19(26)23(22)32-14-15-6-5-7-17(28)10-15)12-21-25(30)33-24(29-21)18-8-3-4-9-20(18)27/h3-13H,2,14H2,1H3/b21-12-. The Labute approximate surface area is 203 Å². The summed E-state index contributed by atoms with van der Waals surface area (Å²) in [5.74, 6) is 0.179. The van der Waals surface area contributed by atoms with Crippen molar-refractivity contribution < 1.29 is 23.4 Å². The van der Waals surface area contributed by atoms with E-state index in [-0.39, 0.29) is 24.0 Å². The highest BCUT2D eigenvalue weighted by Crippen LogP contribution is 2.38. The van der Waals surface area contributed by atoms with E-state index in [0.717, 1.165) is 0 Å². The second kappa shape index (κ2) is 10.2. The molecule has 168 valence electrons. The molecule has 0 bridgehead atoms. The number of hydrogen-bond donors (Lipinski definition) is 0. The van der Waals surface area contributed by atoms with E-state index in [9.17, 15) is 9.18 Å². The number of hydrogen-bond acceptors (Lipinski definition) is 5. The van der Waals surface area contributed by atoms with Crippen LogP contribution in [0.2, 0.25) is 5.02 Å².